The minimum Gasteiger partial charge on any atom is -0.468 e. The molecule has 1 saturated carbocycles. The molecule has 20 heavy (non-hydrogen) atoms. The van der Waals surface area contributed by atoms with Gasteiger partial charge in [-0.05, 0) is 19.8 Å². The van der Waals surface area contributed by atoms with E-state index >= 15 is 0 Å². The van der Waals surface area contributed by atoms with E-state index in [2.05, 4.69) is 10.2 Å². The Bertz CT molecular complexity index is 336. The monoisotopic (exact) mass is 286 g/mol. The first kappa shape index (κ1) is 15.7. The number of carbonyl (C=O) groups is 1. The van der Waals surface area contributed by atoms with E-state index in [0.717, 1.165) is 25.9 Å². The van der Waals surface area contributed by atoms with Crippen molar-refractivity contribution >= 4 is 5.97 Å². The number of nitrogens with one attached hydrogen (secondary N) is 1. The minimum atomic E-state index is -0.670. The predicted molar refractivity (Wildman–Crippen MR) is 74.6 cm³/mol. The number of methoxy groups -OCH3 is 3. The van der Waals surface area contributed by atoms with Crippen molar-refractivity contribution in [1.29, 1.82) is 0 Å². The van der Waals surface area contributed by atoms with E-state index in [-0.39, 0.29) is 18.2 Å². The lowest BCUT2D eigenvalue weighted by molar-refractivity contribution is -0.148. The van der Waals surface area contributed by atoms with Gasteiger partial charge in [-0.2, -0.15) is 0 Å². The van der Waals surface area contributed by atoms with Crippen molar-refractivity contribution in [3.05, 3.63) is 0 Å². The Balaban J connectivity index is 1.99. The van der Waals surface area contributed by atoms with Crippen LogP contribution in [0.2, 0.25) is 0 Å². The largest absolute Gasteiger partial charge is 0.468 e. The smallest absolute Gasteiger partial charge is 0.327 e. The molecule has 0 spiro atoms. The SMILES string of the molecule is COC(=O)C(C)(CN1CC(OC)C(OC)C1)NC1CC1. The van der Waals surface area contributed by atoms with Gasteiger partial charge in [-0.1, -0.05) is 0 Å². The van der Waals surface area contributed by atoms with Gasteiger partial charge in [0, 0.05) is 39.9 Å². The lowest BCUT2D eigenvalue weighted by atomic mass is 10.0. The van der Waals surface area contributed by atoms with Gasteiger partial charge in [0.25, 0.3) is 0 Å². The third-order valence-electron chi connectivity index (χ3n) is 4.17. The van der Waals surface area contributed by atoms with Gasteiger partial charge in [0.1, 0.15) is 5.54 Å². The number of hydrogen-bond acceptors (Lipinski definition) is 6. The summed E-state index contributed by atoms with van der Waals surface area (Å²) in [4.78, 5) is 14.3. The topological polar surface area (TPSA) is 60.0 Å². The Morgan fingerprint density at radius 1 is 1.20 bits per heavy atom. The van der Waals surface area contributed by atoms with Gasteiger partial charge < -0.3 is 14.2 Å². The molecule has 1 aliphatic carbocycles. The maximum Gasteiger partial charge on any atom is 0.327 e. The number of ether oxygens (including phenoxy) is 3. The summed E-state index contributed by atoms with van der Waals surface area (Å²) >= 11 is 0. The summed E-state index contributed by atoms with van der Waals surface area (Å²) in [6, 6.07) is 0.443. The van der Waals surface area contributed by atoms with Gasteiger partial charge in [-0.3, -0.25) is 15.0 Å². The summed E-state index contributed by atoms with van der Waals surface area (Å²) in [7, 11) is 4.83. The number of likely N-dealkylation sites (tertiary alicyclic amines) is 1. The fraction of sp³-hybridized carbons (Fsp3) is 0.929. The molecule has 2 aliphatic rings. The normalized spacial score (nSPS) is 30.2. The molecular formula is C14H26N2O4. The predicted octanol–water partition coefficient (Wildman–Crippen LogP) is 0.0157. The zero-order valence-corrected chi connectivity index (χ0v) is 12.8. The molecule has 1 heterocycles. The van der Waals surface area contributed by atoms with Crippen molar-refractivity contribution in [2.24, 2.45) is 0 Å². The summed E-state index contributed by atoms with van der Waals surface area (Å²) in [5.41, 5.74) is -0.670. The molecule has 1 saturated heterocycles. The summed E-state index contributed by atoms with van der Waals surface area (Å²) in [5.74, 6) is -0.209. The summed E-state index contributed by atoms with van der Waals surface area (Å²) in [5, 5.41) is 3.41. The molecule has 0 aromatic heterocycles. The second-order valence-electron chi connectivity index (χ2n) is 5.98. The molecule has 6 heteroatoms. The Labute approximate surface area is 120 Å². The zero-order chi connectivity index (χ0) is 14.8. The van der Waals surface area contributed by atoms with Gasteiger partial charge >= 0.3 is 5.97 Å². The number of nitrogens with zero attached hydrogens (tertiary/aromatic N) is 1. The molecule has 2 rings (SSSR count). The van der Waals surface area contributed by atoms with Crippen molar-refractivity contribution in [2.75, 3.05) is 41.0 Å². The van der Waals surface area contributed by atoms with Crippen molar-refractivity contribution < 1.29 is 19.0 Å². The molecule has 1 aliphatic heterocycles. The highest BCUT2D eigenvalue weighted by Gasteiger charge is 2.43. The van der Waals surface area contributed by atoms with Crippen molar-refractivity contribution in [3.8, 4) is 0 Å². The van der Waals surface area contributed by atoms with Crippen LogP contribution >= 0.6 is 0 Å². The third-order valence-corrected chi connectivity index (χ3v) is 4.17. The van der Waals surface area contributed by atoms with Crippen LogP contribution in [0.5, 0.6) is 0 Å². The molecule has 3 unspecified atom stereocenters. The van der Waals surface area contributed by atoms with Crippen molar-refractivity contribution in [1.82, 2.24) is 10.2 Å². The van der Waals surface area contributed by atoms with Crippen LogP contribution in [0.15, 0.2) is 0 Å². The number of rotatable bonds is 7. The van der Waals surface area contributed by atoms with Crippen molar-refractivity contribution in [3.63, 3.8) is 0 Å². The Hall–Kier alpha value is -0.690. The summed E-state index contributed by atoms with van der Waals surface area (Å²) < 4.78 is 15.8. The van der Waals surface area contributed by atoms with Crippen LogP contribution in [0, 0.1) is 0 Å². The van der Waals surface area contributed by atoms with Crippen LogP contribution in [0.4, 0.5) is 0 Å². The van der Waals surface area contributed by atoms with E-state index < -0.39 is 5.54 Å². The molecule has 0 aromatic carbocycles. The second-order valence-corrected chi connectivity index (χ2v) is 5.98. The average molecular weight is 286 g/mol. The Morgan fingerprint density at radius 3 is 2.15 bits per heavy atom. The maximum absolute atomic E-state index is 12.1. The quantitative estimate of drug-likeness (QED) is 0.666. The molecule has 0 amide bonds. The first-order valence-corrected chi connectivity index (χ1v) is 7.16. The van der Waals surface area contributed by atoms with Crippen LogP contribution in [0.1, 0.15) is 19.8 Å². The van der Waals surface area contributed by atoms with Crippen molar-refractivity contribution in [2.45, 2.75) is 43.6 Å². The standard InChI is InChI=1S/C14H26N2O4/c1-14(13(17)20-4,15-10-5-6-10)9-16-7-11(18-2)12(8-16)19-3/h10-12,15H,5-9H2,1-4H3. The lowest BCUT2D eigenvalue weighted by Gasteiger charge is -2.32. The van der Waals surface area contributed by atoms with Gasteiger partial charge in [0.05, 0.1) is 19.3 Å². The van der Waals surface area contributed by atoms with E-state index in [0.29, 0.717) is 12.6 Å². The fourth-order valence-corrected chi connectivity index (χ4v) is 2.92. The molecule has 0 bridgehead atoms. The summed E-state index contributed by atoms with van der Waals surface area (Å²) in [6.45, 7) is 4.07. The van der Waals surface area contributed by atoms with Crippen LogP contribution < -0.4 is 5.32 Å². The van der Waals surface area contributed by atoms with Crippen LogP contribution in [0.25, 0.3) is 0 Å². The molecule has 3 atom stereocenters. The van der Waals surface area contributed by atoms with E-state index in [1.165, 1.54) is 7.11 Å². The number of hydrogen-bond donors (Lipinski definition) is 1. The lowest BCUT2D eigenvalue weighted by Crippen LogP contribution is -2.58. The molecule has 6 nitrogen and oxygen atoms in total. The minimum absolute atomic E-state index is 0.0582. The zero-order valence-electron chi connectivity index (χ0n) is 12.8. The van der Waals surface area contributed by atoms with Gasteiger partial charge in [-0.25, -0.2) is 0 Å². The average Bonchev–Trinajstić information content (AvgIpc) is 3.15. The van der Waals surface area contributed by atoms with Gasteiger partial charge in [0.2, 0.25) is 0 Å². The van der Waals surface area contributed by atoms with Gasteiger partial charge in [0.15, 0.2) is 0 Å². The molecular weight excluding hydrogens is 260 g/mol. The van der Waals surface area contributed by atoms with Gasteiger partial charge in [-0.15, -0.1) is 0 Å². The number of esters is 1. The van der Waals surface area contributed by atoms with E-state index in [9.17, 15) is 4.79 Å². The van der Waals surface area contributed by atoms with E-state index in [4.69, 9.17) is 14.2 Å². The third kappa shape index (κ3) is 3.49. The molecule has 116 valence electrons. The van der Waals surface area contributed by atoms with Crippen LogP contribution in [0.3, 0.4) is 0 Å². The molecule has 2 fully saturated rings. The maximum atomic E-state index is 12.1. The van der Waals surface area contributed by atoms with Crippen LogP contribution in [-0.2, 0) is 19.0 Å². The van der Waals surface area contributed by atoms with E-state index in [1.54, 1.807) is 14.2 Å². The molecule has 0 radical (unpaired) electrons. The van der Waals surface area contributed by atoms with Crippen LogP contribution in [-0.4, -0.2) is 75.6 Å². The molecule has 0 aromatic rings. The first-order valence-electron chi connectivity index (χ1n) is 7.16. The first-order chi connectivity index (χ1) is 9.52. The fourth-order valence-electron chi connectivity index (χ4n) is 2.92. The number of carbonyl (C=O) groups excluding carboxylic acids is 1. The second kappa shape index (κ2) is 6.39. The highest BCUT2D eigenvalue weighted by molar-refractivity contribution is 5.80. The highest BCUT2D eigenvalue weighted by atomic mass is 16.5. The summed E-state index contributed by atoms with van der Waals surface area (Å²) in [6.07, 6.45) is 2.38. The Morgan fingerprint density at radius 2 is 1.75 bits per heavy atom. The van der Waals surface area contributed by atoms with E-state index in [1.807, 2.05) is 6.92 Å². The molecule has 1 N–H and O–H groups in total. The Kier molecular flexibility index (Phi) is 5.01. The highest BCUT2D eigenvalue weighted by Crippen LogP contribution is 2.25.